The van der Waals surface area contributed by atoms with E-state index < -0.39 is 0 Å². The maximum absolute atomic E-state index is 14.6. The highest BCUT2D eigenvalue weighted by Crippen LogP contribution is 2.72. The van der Waals surface area contributed by atoms with E-state index in [1.807, 2.05) is 12.1 Å². The third-order valence-corrected chi connectivity index (χ3v) is 6.74. The fourth-order valence-electron chi connectivity index (χ4n) is 3.57. The molecule has 0 heterocycles. The van der Waals surface area contributed by atoms with Gasteiger partial charge in [0.1, 0.15) is 5.82 Å². The highest BCUT2D eigenvalue weighted by molar-refractivity contribution is 9.10. The van der Waals surface area contributed by atoms with Crippen molar-refractivity contribution >= 4 is 27.5 Å². The highest BCUT2D eigenvalue weighted by Gasteiger charge is 2.67. The van der Waals surface area contributed by atoms with Gasteiger partial charge < -0.3 is 5.32 Å². The second-order valence-electron chi connectivity index (χ2n) is 7.12. The quantitative estimate of drug-likeness (QED) is 0.625. The van der Waals surface area contributed by atoms with Crippen LogP contribution in [0.3, 0.4) is 0 Å². The molecule has 1 aromatic rings. The van der Waals surface area contributed by atoms with Gasteiger partial charge in [-0.3, -0.25) is 0 Å². The average molecular weight is 377 g/mol. The molecule has 1 atom stereocenters. The van der Waals surface area contributed by atoms with Crippen molar-refractivity contribution in [1.29, 1.82) is 0 Å². The molecular weight excluding hydrogens is 353 g/mol. The maximum atomic E-state index is 14.6. The van der Waals surface area contributed by atoms with Crippen LogP contribution in [0.15, 0.2) is 16.6 Å². The van der Waals surface area contributed by atoms with E-state index in [-0.39, 0.29) is 27.7 Å². The Kier molecular flexibility index (Phi) is 4.78. The molecule has 1 aromatic carbocycles. The summed E-state index contributed by atoms with van der Waals surface area (Å²) in [5, 5.41) is 3.71. The molecule has 0 saturated heterocycles. The van der Waals surface area contributed by atoms with Crippen LogP contribution in [0.2, 0.25) is 5.02 Å². The van der Waals surface area contributed by atoms with Gasteiger partial charge in [-0.15, -0.1) is 0 Å². The Hall–Kier alpha value is -0.120. The van der Waals surface area contributed by atoms with E-state index in [1.54, 1.807) is 0 Å². The minimum Gasteiger partial charge on any atom is -0.310 e. The second kappa shape index (κ2) is 5.82. The van der Waals surface area contributed by atoms with Crippen LogP contribution in [0.1, 0.15) is 52.6 Å². The lowest BCUT2D eigenvalue weighted by molar-refractivity contribution is 0.396. The summed E-state index contributed by atoms with van der Waals surface area (Å²) in [7, 11) is 0. The molecule has 21 heavy (non-hydrogen) atoms. The van der Waals surface area contributed by atoms with Gasteiger partial charge in [0.05, 0.1) is 5.02 Å². The Bertz CT molecular complexity index is 528. The number of nitrogens with one attached hydrogen (secondary N) is 1. The monoisotopic (exact) mass is 375 g/mol. The Balaban J connectivity index is 2.41. The van der Waals surface area contributed by atoms with Gasteiger partial charge in [-0.25, -0.2) is 4.39 Å². The molecule has 1 fully saturated rings. The van der Waals surface area contributed by atoms with E-state index in [9.17, 15) is 4.39 Å². The molecule has 1 nitrogen and oxygen atoms in total. The van der Waals surface area contributed by atoms with Crippen molar-refractivity contribution in [2.24, 2.45) is 16.7 Å². The summed E-state index contributed by atoms with van der Waals surface area (Å²) in [6.07, 6.45) is 1.02. The molecule has 0 aliphatic heterocycles. The predicted molar refractivity (Wildman–Crippen MR) is 91.2 cm³/mol. The van der Waals surface area contributed by atoms with Crippen LogP contribution < -0.4 is 5.32 Å². The minimum atomic E-state index is -0.307. The van der Waals surface area contributed by atoms with Gasteiger partial charge in [-0.05, 0) is 51.7 Å². The molecule has 0 bridgehead atoms. The number of halogens is 3. The molecule has 1 saturated carbocycles. The molecule has 0 aromatic heterocycles. The Morgan fingerprint density at radius 3 is 2.33 bits per heavy atom. The molecule has 0 radical (unpaired) electrons. The molecular formula is C17H24BrClFN. The summed E-state index contributed by atoms with van der Waals surface area (Å²) in [5.74, 6) is 0.0847. The van der Waals surface area contributed by atoms with Crippen LogP contribution in [-0.2, 0) is 0 Å². The summed E-state index contributed by atoms with van der Waals surface area (Å²) in [6, 6.07) is 3.69. The van der Waals surface area contributed by atoms with Crippen molar-refractivity contribution in [1.82, 2.24) is 5.32 Å². The van der Waals surface area contributed by atoms with Crippen molar-refractivity contribution in [3.05, 3.63) is 33.0 Å². The second-order valence-corrected chi connectivity index (χ2v) is 8.35. The number of benzene rings is 1. The van der Waals surface area contributed by atoms with Crippen LogP contribution in [0, 0.1) is 22.6 Å². The lowest BCUT2D eigenvalue weighted by Gasteiger charge is -2.22. The Morgan fingerprint density at radius 1 is 1.29 bits per heavy atom. The van der Waals surface area contributed by atoms with Crippen molar-refractivity contribution < 1.29 is 4.39 Å². The lowest BCUT2D eigenvalue weighted by atomic mass is 9.95. The van der Waals surface area contributed by atoms with Crippen molar-refractivity contribution in [2.75, 3.05) is 6.54 Å². The Labute approximate surface area is 140 Å². The lowest BCUT2D eigenvalue weighted by Crippen LogP contribution is -2.27. The maximum Gasteiger partial charge on any atom is 0.147 e. The SMILES string of the molecule is CCCNC(c1ccc(Br)c(Cl)c1F)C1C(C)(C)C1(C)C. The first-order chi connectivity index (χ1) is 9.66. The number of hydrogen-bond donors (Lipinski definition) is 1. The molecule has 4 heteroatoms. The minimum absolute atomic E-state index is 0.000509. The van der Waals surface area contributed by atoms with Gasteiger partial charge >= 0.3 is 0 Å². The van der Waals surface area contributed by atoms with E-state index in [0.717, 1.165) is 13.0 Å². The summed E-state index contributed by atoms with van der Waals surface area (Å²) >= 11 is 9.37. The molecule has 0 spiro atoms. The van der Waals surface area contributed by atoms with Gasteiger partial charge in [-0.1, -0.05) is 52.3 Å². The van der Waals surface area contributed by atoms with E-state index in [4.69, 9.17) is 11.6 Å². The van der Waals surface area contributed by atoms with Gasteiger partial charge in [0.15, 0.2) is 0 Å². The topological polar surface area (TPSA) is 12.0 Å². The zero-order valence-corrected chi connectivity index (χ0v) is 15.7. The van der Waals surface area contributed by atoms with Crippen molar-refractivity contribution in [3.8, 4) is 0 Å². The highest BCUT2D eigenvalue weighted by atomic mass is 79.9. The van der Waals surface area contributed by atoms with E-state index in [0.29, 0.717) is 16.0 Å². The standard InChI is InChI=1S/C17H24BrClFN/c1-6-9-21-14(15-16(2,3)17(15,4)5)10-7-8-11(18)12(19)13(10)20/h7-8,14-15,21H,6,9H2,1-5H3. The molecule has 2 rings (SSSR count). The molecule has 1 aliphatic carbocycles. The van der Waals surface area contributed by atoms with Crippen LogP contribution in [-0.4, -0.2) is 6.54 Å². The molecule has 1 aliphatic rings. The first kappa shape index (κ1) is 17.2. The predicted octanol–water partition coefficient (Wildman–Crippen LogP) is 5.96. The molecule has 118 valence electrons. The third-order valence-electron chi connectivity index (χ3n) is 5.48. The first-order valence-electron chi connectivity index (χ1n) is 7.53. The van der Waals surface area contributed by atoms with Crippen LogP contribution in [0.4, 0.5) is 4.39 Å². The molecule has 1 unspecified atom stereocenters. The van der Waals surface area contributed by atoms with Crippen LogP contribution in [0.5, 0.6) is 0 Å². The molecule has 1 N–H and O–H groups in total. The van der Waals surface area contributed by atoms with Gasteiger partial charge in [0, 0.05) is 16.1 Å². The van der Waals surface area contributed by atoms with Gasteiger partial charge in [-0.2, -0.15) is 0 Å². The van der Waals surface area contributed by atoms with E-state index in [1.165, 1.54) is 0 Å². The van der Waals surface area contributed by atoms with Crippen LogP contribution >= 0.6 is 27.5 Å². The zero-order chi connectivity index (χ0) is 16.0. The summed E-state index contributed by atoms with van der Waals surface area (Å²) in [5.41, 5.74) is 1.05. The van der Waals surface area contributed by atoms with Crippen molar-refractivity contribution in [2.45, 2.75) is 47.1 Å². The van der Waals surface area contributed by atoms with Gasteiger partial charge in [0.2, 0.25) is 0 Å². The van der Waals surface area contributed by atoms with Crippen molar-refractivity contribution in [3.63, 3.8) is 0 Å². The summed E-state index contributed by atoms with van der Waals surface area (Å²) in [6.45, 7) is 12.0. The van der Waals surface area contributed by atoms with Gasteiger partial charge in [0.25, 0.3) is 0 Å². The van der Waals surface area contributed by atoms with E-state index >= 15 is 0 Å². The number of rotatable bonds is 5. The first-order valence-corrected chi connectivity index (χ1v) is 8.70. The summed E-state index contributed by atoms with van der Waals surface area (Å²) in [4.78, 5) is 0. The smallest absolute Gasteiger partial charge is 0.147 e. The van der Waals surface area contributed by atoms with Crippen LogP contribution in [0.25, 0.3) is 0 Å². The number of hydrogen-bond acceptors (Lipinski definition) is 1. The fraction of sp³-hybridized carbons (Fsp3) is 0.647. The van der Waals surface area contributed by atoms with E-state index in [2.05, 4.69) is 55.9 Å². The average Bonchev–Trinajstić information content (AvgIpc) is 2.81. The third kappa shape index (κ3) is 2.77. The molecule has 0 amide bonds. The summed E-state index contributed by atoms with van der Waals surface area (Å²) < 4.78 is 15.2. The Morgan fingerprint density at radius 2 is 1.86 bits per heavy atom. The normalized spacial score (nSPS) is 21.3. The fourth-order valence-corrected chi connectivity index (χ4v) is 4.05. The zero-order valence-electron chi connectivity index (χ0n) is 13.4. The largest absolute Gasteiger partial charge is 0.310 e.